The van der Waals surface area contributed by atoms with E-state index in [0.29, 0.717) is 11.0 Å². The summed E-state index contributed by atoms with van der Waals surface area (Å²) in [6.45, 7) is 10.4. The van der Waals surface area contributed by atoms with Crippen LogP contribution < -0.4 is 0 Å². The third kappa shape index (κ3) is 7.48. The van der Waals surface area contributed by atoms with E-state index in [4.69, 9.17) is 11.6 Å². The van der Waals surface area contributed by atoms with Gasteiger partial charge in [-0.15, -0.1) is 0 Å². The molecular weight excluding hydrogens is 172 g/mol. The molecule has 0 amide bonds. The van der Waals surface area contributed by atoms with Crippen LogP contribution in [0.5, 0.6) is 0 Å². The first-order chi connectivity index (χ1) is 5.52. The van der Waals surface area contributed by atoms with E-state index in [1.54, 1.807) is 0 Å². The Labute approximate surface area is 79.1 Å². The van der Waals surface area contributed by atoms with Crippen molar-refractivity contribution in [3.05, 3.63) is 11.6 Å². The minimum absolute atomic E-state index is 0.425. The molecule has 3 heteroatoms. The molecule has 0 rings (SSSR count). The number of amidine groups is 1. The summed E-state index contributed by atoms with van der Waals surface area (Å²) in [5.74, 6) is 1.31. The van der Waals surface area contributed by atoms with Crippen molar-refractivity contribution in [2.45, 2.75) is 20.8 Å². The molecule has 0 bridgehead atoms. The molecule has 0 aromatic carbocycles. The Hall–Kier alpha value is -0.630. The largest absolute Gasteiger partial charge is 0.271 e. The number of hydrogen-bond donors (Lipinski definition) is 0. The third-order valence-electron chi connectivity index (χ3n) is 1.08. The topological polar surface area (TPSA) is 24.7 Å². The Morgan fingerprint density at radius 3 is 2.58 bits per heavy atom. The Bertz CT molecular complexity index is 205. The average Bonchev–Trinajstić information content (AvgIpc) is 1.96. The Morgan fingerprint density at radius 1 is 1.58 bits per heavy atom. The first-order valence-electron chi connectivity index (χ1n) is 3.92. The Morgan fingerprint density at radius 2 is 2.17 bits per heavy atom. The van der Waals surface area contributed by atoms with Gasteiger partial charge in [0.1, 0.15) is 5.84 Å². The monoisotopic (exact) mass is 186 g/mol. The highest BCUT2D eigenvalue weighted by molar-refractivity contribution is 6.39. The number of nitrogens with zero attached hydrogens (tertiary/aromatic N) is 2. The van der Waals surface area contributed by atoms with Gasteiger partial charge in [-0.1, -0.05) is 32.0 Å². The average molecular weight is 187 g/mol. The van der Waals surface area contributed by atoms with Gasteiger partial charge in [-0.05, 0) is 12.8 Å². The fourth-order valence-electron chi connectivity index (χ4n) is 0.519. The van der Waals surface area contributed by atoms with Gasteiger partial charge < -0.3 is 0 Å². The molecule has 0 radical (unpaired) electrons. The van der Waals surface area contributed by atoms with E-state index in [9.17, 15) is 0 Å². The highest BCUT2D eigenvalue weighted by atomic mass is 35.5. The molecule has 12 heavy (non-hydrogen) atoms. The Balaban J connectivity index is 3.93. The molecule has 0 N–H and O–H groups in total. The molecule has 0 saturated heterocycles. The molecule has 0 heterocycles. The Kier molecular flexibility index (Phi) is 5.64. The van der Waals surface area contributed by atoms with Crippen molar-refractivity contribution in [3.8, 4) is 0 Å². The van der Waals surface area contributed by atoms with Crippen LogP contribution in [-0.2, 0) is 0 Å². The lowest BCUT2D eigenvalue weighted by Gasteiger charge is -1.97. The summed E-state index contributed by atoms with van der Waals surface area (Å²) in [4.78, 5) is 8.20. The van der Waals surface area contributed by atoms with Crippen molar-refractivity contribution in [1.29, 1.82) is 0 Å². The van der Waals surface area contributed by atoms with Crippen LogP contribution in [0.4, 0.5) is 0 Å². The number of halogens is 1. The van der Waals surface area contributed by atoms with E-state index >= 15 is 0 Å². The second-order valence-electron chi connectivity index (χ2n) is 2.99. The highest BCUT2D eigenvalue weighted by Crippen LogP contribution is 1.94. The first kappa shape index (κ1) is 11.4. The van der Waals surface area contributed by atoms with Gasteiger partial charge in [0.05, 0.1) is 5.03 Å². The molecule has 0 aromatic heterocycles. The second-order valence-corrected chi connectivity index (χ2v) is 3.47. The summed E-state index contributed by atoms with van der Waals surface area (Å²) >= 11 is 5.49. The zero-order valence-electron chi connectivity index (χ0n) is 7.84. The van der Waals surface area contributed by atoms with Gasteiger partial charge in [0, 0.05) is 12.8 Å². The number of aliphatic imine (C=N–C) groups is 2. The predicted molar refractivity (Wildman–Crippen MR) is 56.3 cm³/mol. The van der Waals surface area contributed by atoms with Gasteiger partial charge in [0.25, 0.3) is 0 Å². The number of hydrogen-bond acceptors (Lipinski definition) is 1. The van der Waals surface area contributed by atoms with Gasteiger partial charge in [-0.25, -0.2) is 4.99 Å². The van der Waals surface area contributed by atoms with Crippen LogP contribution in [0.3, 0.4) is 0 Å². The summed E-state index contributed by atoms with van der Waals surface area (Å²) in [6.07, 6.45) is 1.50. The van der Waals surface area contributed by atoms with Crippen LogP contribution in [0.1, 0.15) is 20.8 Å². The van der Waals surface area contributed by atoms with E-state index in [0.717, 1.165) is 12.4 Å². The zero-order chi connectivity index (χ0) is 9.56. The minimum Gasteiger partial charge on any atom is -0.271 e. The van der Waals surface area contributed by atoms with Crippen LogP contribution in [0.2, 0.25) is 0 Å². The van der Waals surface area contributed by atoms with Gasteiger partial charge in [-0.2, -0.15) is 0 Å². The third-order valence-corrected chi connectivity index (χ3v) is 1.17. The lowest BCUT2D eigenvalue weighted by atomic mass is 10.2. The van der Waals surface area contributed by atoms with Crippen molar-refractivity contribution in [2.24, 2.45) is 15.9 Å². The van der Waals surface area contributed by atoms with E-state index in [2.05, 4.69) is 30.4 Å². The van der Waals surface area contributed by atoms with Gasteiger partial charge in [0.15, 0.2) is 0 Å². The van der Waals surface area contributed by atoms with Crippen LogP contribution in [0.15, 0.2) is 21.6 Å². The minimum atomic E-state index is 0.425. The summed E-state index contributed by atoms with van der Waals surface area (Å²) in [7, 11) is 0. The van der Waals surface area contributed by atoms with Gasteiger partial charge in [-0.3, -0.25) is 4.99 Å². The lowest BCUT2D eigenvalue weighted by molar-refractivity contribution is 0.665. The summed E-state index contributed by atoms with van der Waals surface area (Å²) in [5, 5.41) is 0.425. The summed E-state index contributed by atoms with van der Waals surface area (Å²) in [5.41, 5.74) is 0. The molecule has 68 valence electrons. The quantitative estimate of drug-likeness (QED) is 0.479. The summed E-state index contributed by atoms with van der Waals surface area (Å²) in [6, 6.07) is 0. The molecule has 2 nitrogen and oxygen atoms in total. The van der Waals surface area contributed by atoms with Crippen LogP contribution in [-0.4, -0.2) is 18.6 Å². The zero-order valence-corrected chi connectivity index (χ0v) is 8.60. The molecular formula is C9H15ClN2. The highest BCUT2D eigenvalue weighted by Gasteiger charge is 1.90. The fraction of sp³-hybridized carbons (Fsp3) is 0.556. The van der Waals surface area contributed by atoms with Crippen molar-refractivity contribution >= 4 is 23.7 Å². The van der Waals surface area contributed by atoms with Crippen LogP contribution >= 0.6 is 11.6 Å². The maximum absolute atomic E-state index is 5.49. The molecule has 0 aliphatic carbocycles. The van der Waals surface area contributed by atoms with Crippen LogP contribution in [0, 0.1) is 5.92 Å². The van der Waals surface area contributed by atoms with E-state index in [1.165, 1.54) is 6.21 Å². The lowest BCUT2D eigenvalue weighted by Crippen LogP contribution is -1.96. The van der Waals surface area contributed by atoms with Gasteiger partial charge >= 0.3 is 0 Å². The van der Waals surface area contributed by atoms with Crippen LogP contribution in [0.25, 0.3) is 0 Å². The summed E-state index contributed by atoms with van der Waals surface area (Å²) < 4.78 is 0. The predicted octanol–water partition coefficient (Wildman–Crippen LogP) is 2.88. The smallest absolute Gasteiger partial charge is 0.120 e. The van der Waals surface area contributed by atoms with E-state index < -0.39 is 0 Å². The maximum Gasteiger partial charge on any atom is 0.120 e. The molecule has 0 spiro atoms. The van der Waals surface area contributed by atoms with Crippen molar-refractivity contribution in [1.82, 2.24) is 0 Å². The maximum atomic E-state index is 5.49. The molecule has 0 unspecified atom stereocenters. The standard InChI is InChI=1S/C9H15ClN2/c1-7(2)5-11-9(4)12-6-8(3)10/h6-7H,3,5H2,1-2,4H3. The SMILES string of the molecule is C=C(Cl)C=NC(C)=NCC(C)C. The van der Waals surface area contributed by atoms with Crippen molar-refractivity contribution in [2.75, 3.05) is 6.54 Å². The molecule has 0 aliphatic heterocycles. The number of rotatable bonds is 3. The van der Waals surface area contributed by atoms with Crippen molar-refractivity contribution in [3.63, 3.8) is 0 Å². The second kappa shape index (κ2) is 5.95. The molecule has 0 fully saturated rings. The van der Waals surface area contributed by atoms with Crippen molar-refractivity contribution < 1.29 is 0 Å². The van der Waals surface area contributed by atoms with E-state index in [1.807, 2.05) is 6.92 Å². The molecule has 0 aliphatic rings. The molecule has 0 aromatic rings. The van der Waals surface area contributed by atoms with E-state index in [-0.39, 0.29) is 0 Å². The fourth-order valence-corrected chi connectivity index (χ4v) is 0.568. The normalized spacial score (nSPS) is 12.9. The van der Waals surface area contributed by atoms with Gasteiger partial charge in [0.2, 0.25) is 0 Å². The molecule has 0 saturated carbocycles. The molecule has 0 atom stereocenters. The number of allylic oxidation sites excluding steroid dienone is 1. The first-order valence-corrected chi connectivity index (χ1v) is 4.29.